The standard InChI is InChI=1S/C17H17N3O4S3/c1-2-20-16(22)13(11-14(21)18-12-7-4-3-5-8-12)26-17(20)19-27(23,24)15-9-6-10-25-15/h3-10,13H,2,11H2,1H3,(H,18,21). The number of nitrogens with zero attached hydrogens (tertiary/aromatic N) is 2. The van der Waals surface area contributed by atoms with E-state index < -0.39 is 15.3 Å². The lowest BCUT2D eigenvalue weighted by Gasteiger charge is -2.13. The lowest BCUT2D eigenvalue weighted by atomic mass is 10.2. The van der Waals surface area contributed by atoms with Crippen LogP contribution in [-0.4, -0.2) is 42.1 Å². The molecular formula is C17H17N3O4S3. The molecule has 1 fully saturated rings. The topological polar surface area (TPSA) is 95.9 Å². The maximum atomic E-state index is 12.6. The summed E-state index contributed by atoms with van der Waals surface area (Å²) in [5.74, 6) is -0.628. The number of hydrogen-bond donors (Lipinski definition) is 1. The fraction of sp³-hybridized carbons (Fsp3) is 0.235. The fourth-order valence-corrected chi connectivity index (χ4v) is 5.85. The van der Waals surface area contributed by atoms with Crippen molar-refractivity contribution in [2.24, 2.45) is 4.40 Å². The zero-order valence-corrected chi connectivity index (χ0v) is 16.8. The Labute approximate surface area is 165 Å². The van der Waals surface area contributed by atoms with Crippen molar-refractivity contribution in [1.82, 2.24) is 4.90 Å². The zero-order chi connectivity index (χ0) is 19.4. The second-order valence-corrected chi connectivity index (χ2v) is 9.54. The van der Waals surface area contributed by atoms with Gasteiger partial charge in [0.2, 0.25) is 11.8 Å². The Morgan fingerprint density at radius 3 is 2.59 bits per heavy atom. The highest BCUT2D eigenvalue weighted by molar-refractivity contribution is 8.16. The monoisotopic (exact) mass is 423 g/mol. The zero-order valence-electron chi connectivity index (χ0n) is 14.4. The molecule has 1 aliphatic rings. The van der Waals surface area contributed by atoms with Crippen molar-refractivity contribution in [3.8, 4) is 0 Å². The predicted molar refractivity (Wildman–Crippen MR) is 107 cm³/mol. The first-order valence-electron chi connectivity index (χ1n) is 8.12. The third kappa shape index (κ3) is 4.57. The first-order valence-corrected chi connectivity index (χ1v) is 11.3. The molecule has 2 amide bonds. The van der Waals surface area contributed by atoms with Gasteiger partial charge in [0, 0.05) is 18.7 Å². The van der Waals surface area contributed by atoms with Gasteiger partial charge >= 0.3 is 0 Å². The van der Waals surface area contributed by atoms with Gasteiger partial charge in [0.25, 0.3) is 10.0 Å². The van der Waals surface area contributed by atoms with Crippen LogP contribution in [0.2, 0.25) is 0 Å². The highest BCUT2D eigenvalue weighted by Crippen LogP contribution is 2.31. The molecule has 1 atom stereocenters. The number of benzene rings is 1. The quantitative estimate of drug-likeness (QED) is 0.771. The molecule has 142 valence electrons. The molecule has 1 N–H and O–H groups in total. The number of thiophene rings is 1. The lowest BCUT2D eigenvalue weighted by molar-refractivity contribution is -0.128. The van der Waals surface area contributed by atoms with Gasteiger partial charge in [-0.1, -0.05) is 36.0 Å². The molecule has 0 saturated carbocycles. The van der Waals surface area contributed by atoms with Gasteiger partial charge in [-0.15, -0.1) is 15.7 Å². The van der Waals surface area contributed by atoms with Gasteiger partial charge in [0.05, 0.1) is 0 Å². The number of nitrogens with one attached hydrogen (secondary N) is 1. The van der Waals surface area contributed by atoms with Crippen LogP contribution in [-0.2, 0) is 19.6 Å². The Hall–Kier alpha value is -2.17. The van der Waals surface area contributed by atoms with Gasteiger partial charge in [-0.25, -0.2) is 0 Å². The van der Waals surface area contributed by atoms with Crippen LogP contribution in [0.15, 0.2) is 56.5 Å². The third-order valence-corrected chi connectivity index (χ3v) is 7.64. The summed E-state index contributed by atoms with van der Waals surface area (Å²) in [5.41, 5.74) is 0.638. The molecule has 1 unspecified atom stereocenters. The van der Waals surface area contributed by atoms with Gasteiger partial charge in [-0.05, 0) is 30.5 Å². The van der Waals surface area contributed by atoms with Crippen LogP contribution in [0.3, 0.4) is 0 Å². The fourth-order valence-electron chi connectivity index (χ4n) is 2.46. The van der Waals surface area contributed by atoms with E-state index in [2.05, 4.69) is 9.71 Å². The summed E-state index contributed by atoms with van der Waals surface area (Å²) in [6, 6.07) is 12.0. The minimum Gasteiger partial charge on any atom is -0.326 e. The van der Waals surface area contributed by atoms with E-state index in [1.54, 1.807) is 42.6 Å². The maximum absolute atomic E-state index is 12.6. The van der Waals surface area contributed by atoms with Crippen molar-refractivity contribution >= 4 is 55.8 Å². The number of carbonyl (C=O) groups is 2. The van der Waals surface area contributed by atoms with Crippen LogP contribution in [0, 0.1) is 0 Å². The minimum atomic E-state index is -3.88. The highest BCUT2D eigenvalue weighted by Gasteiger charge is 2.39. The van der Waals surface area contributed by atoms with E-state index in [1.807, 2.05) is 6.07 Å². The average Bonchev–Trinajstić information content (AvgIpc) is 3.25. The minimum absolute atomic E-state index is 0.0625. The Balaban J connectivity index is 1.74. The number of rotatable bonds is 6. The molecule has 1 aliphatic heterocycles. The molecule has 10 heteroatoms. The van der Waals surface area contributed by atoms with Crippen molar-refractivity contribution in [1.29, 1.82) is 0 Å². The number of amidine groups is 1. The average molecular weight is 424 g/mol. The van der Waals surface area contributed by atoms with E-state index in [9.17, 15) is 18.0 Å². The molecule has 2 heterocycles. The number of thioether (sulfide) groups is 1. The maximum Gasteiger partial charge on any atom is 0.294 e. The molecule has 27 heavy (non-hydrogen) atoms. The Morgan fingerprint density at radius 2 is 1.96 bits per heavy atom. The van der Waals surface area contributed by atoms with E-state index in [4.69, 9.17) is 0 Å². The molecular weight excluding hydrogens is 406 g/mol. The van der Waals surface area contributed by atoms with Gasteiger partial charge in [0.1, 0.15) is 9.46 Å². The number of para-hydroxylation sites is 1. The Kier molecular flexibility index (Phi) is 5.98. The Bertz CT molecular complexity index is 957. The summed E-state index contributed by atoms with van der Waals surface area (Å²) in [7, 11) is -3.88. The van der Waals surface area contributed by atoms with Crippen LogP contribution < -0.4 is 5.32 Å². The SMILES string of the molecule is CCN1C(=O)C(CC(=O)Nc2ccccc2)SC1=NS(=O)(=O)c1cccs1. The van der Waals surface area contributed by atoms with E-state index in [1.165, 1.54) is 11.0 Å². The molecule has 1 saturated heterocycles. The summed E-state index contributed by atoms with van der Waals surface area (Å²) in [6.07, 6.45) is -0.0625. The predicted octanol–water partition coefficient (Wildman–Crippen LogP) is 2.79. The highest BCUT2D eigenvalue weighted by atomic mass is 32.2. The molecule has 0 aliphatic carbocycles. The molecule has 0 spiro atoms. The summed E-state index contributed by atoms with van der Waals surface area (Å²) in [4.78, 5) is 26.1. The van der Waals surface area contributed by atoms with Crippen LogP contribution >= 0.6 is 23.1 Å². The Morgan fingerprint density at radius 1 is 1.22 bits per heavy atom. The largest absolute Gasteiger partial charge is 0.326 e. The summed E-state index contributed by atoms with van der Waals surface area (Å²) in [6.45, 7) is 2.01. The van der Waals surface area contributed by atoms with E-state index in [0.29, 0.717) is 5.69 Å². The molecule has 0 bridgehead atoms. The number of hydrogen-bond acceptors (Lipinski definition) is 6. The number of anilines is 1. The molecule has 3 rings (SSSR count). The van der Waals surface area contributed by atoms with Crippen LogP contribution in [0.4, 0.5) is 5.69 Å². The van der Waals surface area contributed by atoms with Gasteiger partial charge in [0.15, 0.2) is 5.17 Å². The van der Waals surface area contributed by atoms with Gasteiger partial charge in [-0.2, -0.15) is 8.42 Å². The van der Waals surface area contributed by atoms with Crippen LogP contribution in [0.5, 0.6) is 0 Å². The summed E-state index contributed by atoms with van der Waals surface area (Å²) in [5, 5.41) is 3.78. The van der Waals surface area contributed by atoms with Gasteiger partial charge < -0.3 is 5.32 Å². The molecule has 1 aromatic heterocycles. The number of carbonyl (C=O) groups excluding carboxylic acids is 2. The van der Waals surface area contributed by atoms with Gasteiger partial charge in [-0.3, -0.25) is 14.5 Å². The van der Waals surface area contributed by atoms with Crippen molar-refractivity contribution in [3.05, 3.63) is 47.8 Å². The number of amides is 2. The first-order chi connectivity index (χ1) is 12.9. The van der Waals surface area contributed by atoms with Crippen molar-refractivity contribution in [3.63, 3.8) is 0 Å². The first kappa shape index (κ1) is 19.6. The lowest BCUT2D eigenvalue weighted by Crippen LogP contribution is -2.33. The van der Waals surface area contributed by atoms with E-state index in [0.717, 1.165) is 23.1 Å². The molecule has 0 radical (unpaired) electrons. The van der Waals surface area contributed by atoms with Crippen molar-refractivity contribution < 1.29 is 18.0 Å². The molecule has 2 aromatic rings. The third-order valence-electron chi connectivity index (χ3n) is 3.71. The van der Waals surface area contributed by atoms with Crippen LogP contribution in [0.25, 0.3) is 0 Å². The molecule has 1 aromatic carbocycles. The summed E-state index contributed by atoms with van der Waals surface area (Å²) >= 11 is 2.07. The van der Waals surface area contributed by atoms with E-state index >= 15 is 0 Å². The second-order valence-electron chi connectivity index (χ2n) is 5.59. The smallest absolute Gasteiger partial charge is 0.294 e. The normalized spacial score (nSPS) is 18.9. The van der Waals surface area contributed by atoms with Crippen molar-refractivity contribution in [2.45, 2.75) is 22.8 Å². The van der Waals surface area contributed by atoms with Crippen molar-refractivity contribution in [2.75, 3.05) is 11.9 Å². The summed E-state index contributed by atoms with van der Waals surface area (Å²) < 4.78 is 28.7. The van der Waals surface area contributed by atoms with E-state index in [-0.39, 0.29) is 34.2 Å². The van der Waals surface area contributed by atoms with Crippen LogP contribution in [0.1, 0.15) is 13.3 Å². The second kappa shape index (κ2) is 8.24. The number of sulfonamides is 1. The molecule has 7 nitrogen and oxygen atoms in total.